The summed E-state index contributed by atoms with van der Waals surface area (Å²) in [7, 11) is 0. The fraction of sp³-hybridized carbons (Fsp3) is 0.136. The van der Waals surface area contributed by atoms with Crippen molar-refractivity contribution in [3.05, 3.63) is 89.9 Å². The van der Waals surface area contributed by atoms with Crippen LogP contribution in [0.15, 0.2) is 77.2 Å². The van der Waals surface area contributed by atoms with E-state index in [1.165, 1.54) is 6.07 Å². The summed E-state index contributed by atoms with van der Waals surface area (Å²) in [5.74, 6) is -0.0784. The number of ether oxygens (including phenoxy) is 1. The average molecular weight is 422 g/mol. The van der Waals surface area contributed by atoms with Gasteiger partial charge in [0.25, 0.3) is 5.91 Å². The molecule has 0 aliphatic rings. The highest BCUT2D eigenvalue weighted by Crippen LogP contribution is 2.13. The highest BCUT2D eigenvalue weighted by Gasteiger charge is 2.13. The monoisotopic (exact) mass is 422 g/mol. The molecule has 3 aromatic rings. The number of furan rings is 1. The number of urea groups is 1. The Kier molecular flexibility index (Phi) is 7.64. The van der Waals surface area contributed by atoms with Gasteiger partial charge in [-0.15, -0.1) is 0 Å². The van der Waals surface area contributed by atoms with Crippen molar-refractivity contribution in [3.8, 4) is 5.75 Å². The zero-order valence-corrected chi connectivity index (χ0v) is 16.6. The second kappa shape index (κ2) is 11.1. The summed E-state index contributed by atoms with van der Waals surface area (Å²) in [6, 6.07) is 21.1. The van der Waals surface area contributed by atoms with Gasteiger partial charge in [-0.05, 0) is 29.8 Å². The van der Waals surface area contributed by atoms with Crippen molar-refractivity contribution in [1.29, 1.82) is 0 Å². The molecule has 4 amide bonds. The van der Waals surface area contributed by atoms with Crippen molar-refractivity contribution < 1.29 is 23.5 Å². The van der Waals surface area contributed by atoms with E-state index >= 15 is 0 Å². The van der Waals surface area contributed by atoms with Crippen molar-refractivity contribution in [1.82, 2.24) is 21.5 Å². The Labute approximate surface area is 178 Å². The molecule has 1 heterocycles. The minimum atomic E-state index is -0.632. The molecule has 31 heavy (non-hydrogen) atoms. The summed E-state index contributed by atoms with van der Waals surface area (Å²) >= 11 is 0. The smallest absolute Gasteiger partial charge is 0.315 e. The van der Waals surface area contributed by atoms with Gasteiger partial charge < -0.3 is 19.8 Å². The van der Waals surface area contributed by atoms with Crippen LogP contribution < -0.4 is 26.2 Å². The summed E-state index contributed by atoms with van der Waals surface area (Å²) in [4.78, 5) is 35.6. The van der Waals surface area contributed by atoms with Gasteiger partial charge in [-0.2, -0.15) is 0 Å². The van der Waals surface area contributed by atoms with Crippen LogP contribution in [-0.4, -0.2) is 24.4 Å². The van der Waals surface area contributed by atoms with Crippen LogP contribution in [0.3, 0.4) is 0 Å². The van der Waals surface area contributed by atoms with E-state index in [1.807, 2.05) is 60.7 Å². The average Bonchev–Trinajstić information content (AvgIpc) is 3.29. The fourth-order valence-electron chi connectivity index (χ4n) is 2.48. The number of hydrogen-bond donors (Lipinski definition) is 4. The molecule has 1 aromatic heterocycles. The largest absolute Gasteiger partial charge is 0.486 e. The van der Waals surface area contributed by atoms with Crippen LogP contribution in [0.25, 0.3) is 0 Å². The van der Waals surface area contributed by atoms with Gasteiger partial charge in [0.2, 0.25) is 0 Å². The topological polar surface area (TPSA) is 122 Å². The number of carbonyl (C=O) groups is 3. The van der Waals surface area contributed by atoms with Crippen LogP contribution in [0.1, 0.15) is 21.9 Å². The maximum absolute atomic E-state index is 12.1. The molecule has 3 rings (SSSR count). The van der Waals surface area contributed by atoms with Crippen LogP contribution in [0.2, 0.25) is 0 Å². The Bertz CT molecular complexity index is 1010. The molecular weight excluding hydrogens is 400 g/mol. The van der Waals surface area contributed by atoms with E-state index in [1.54, 1.807) is 6.07 Å². The third kappa shape index (κ3) is 7.24. The summed E-state index contributed by atoms with van der Waals surface area (Å²) in [5, 5.41) is 5.03. The molecule has 0 atom stereocenters. The molecule has 0 bridgehead atoms. The number of hydrogen-bond acceptors (Lipinski definition) is 5. The summed E-state index contributed by atoms with van der Waals surface area (Å²) < 4.78 is 10.9. The SMILES string of the molecule is O=C(CNC(=O)NCc1ccccc1)NNC(=O)c1ccc(COc2ccccc2)o1. The van der Waals surface area contributed by atoms with Gasteiger partial charge in [0.05, 0.1) is 0 Å². The fourth-order valence-corrected chi connectivity index (χ4v) is 2.48. The molecule has 0 fully saturated rings. The van der Waals surface area contributed by atoms with Crippen LogP contribution in [0.4, 0.5) is 4.79 Å². The Morgan fingerprint density at radius 3 is 2.26 bits per heavy atom. The third-order valence-corrected chi connectivity index (χ3v) is 4.03. The predicted molar refractivity (Wildman–Crippen MR) is 112 cm³/mol. The van der Waals surface area contributed by atoms with E-state index in [9.17, 15) is 14.4 Å². The number of nitrogens with one attached hydrogen (secondary N) is 4. The minimum Gasteiger partial charge on any atom is -0.486 e. The zero-order valence-electron chi connectivity index (χ0n) is 16.6. The second-order valence-electron chi connectivity index (χ2n) is 6.39. The Morgan fingerprint density at radius 1 is 0.806 bits per heavy atom. The number of rotatable bonds is 8. The zero-order chi connectivity index (χ0) is 21.9. The van der Waals surface area contributed by atoms with Crippen LogP contribution in [0.5, 0.6) is 5.75 Å². The van der Waals surface area contributed by atoms with Crippen molar-refractivity contribution in [2.75, 3.05) is 6.54 Å². The van der Waals surface area contributed by atoms with E-state index in [0.717, 1.165) is 5.56 Å². The maximum atomic E-state index is 12.1. The molecule has 0 unspecified atom stereocenters. The molecular formula is C22H22N4O5. The van der Waals surface area contributed by atoms with Crippen molar-refractivity contribution in [3.63, 3.8) is 0 Å². The second-order valence-corrected chi connectivity index (χ2v) is 6.39. The van der Waals surface area contributed by atoms with Gasteiger partial charge in [-0.25, -0.2) is 4.79 Å². The molecule has 0 saturated carbocycles. The van der Waals surface area contributed by atoms with Gasteiger partial charge in [0.15, 0.2) is 5.76 Å². The highest BCUT2D eigenvalue weighted by molar-refractivity contribution is 5.93. The lowest BCUT2D eigenvalue weighted by Crippen LogP contribution is -2.47. The molecule has 0 aliphatic carbocycles. The standard InChI is InChI=1S/C22H22N4O5/c27-20(14-24-22(29)23-13-16-7-3-1-4-8-16)25-26-21(28)19-12-11-18(31-19)15-30-17-9-5-2-6-10-17/h1-12H,13-15H2,(H,25,27)(H,26,28)(H2,23,24,29). The first kappa shape index (κ1) is 21.4. The molecule has 0 spiro atoms. The molecule has 9 nitrogen and oxygen atoms in total. The van der Waals surface area contributed by atoms with E-state index in [4.69, 9.17) is 9.15 Å². The third-order valence-electron chi connectivity index (χ3n) is 4.03. The van der Waals surface area contributed by atoms with Crippen molar-refractivity contribution in [2.24, 2.45) is 0 Å². The van der Waals surface area contributed by atoms with E-state index in [0.29, 0.717) is 18.1 Å². The molecule has 0 saturated heterocycles. The first-order valence-corrected chi connectivity index (χ1v) is 9.51. The Balaban J connectivity index is 1.34. The van der Waals surface area contributed by atoms with Gasteiger partial charge >= 0.3 is 11.9 Å². The summed E-state index contributed by atoms with van der Waals surface area (Å²) in [6.07, 6.45) is 0. The molecule has 160 valence electrons. The predicted octanol–water partition coefficient (Wildman–Crippen LogP) is 2.12. The minimum absolute atomic E-state index is 0.0144. The molecule has 2 aromatic carbocycles. The van der Waals surface area contributed by atoms with Crippen LogP contribution in [-0.2, 0) is 17.9 Å². The van der Waals surface area contributed by atoms with E-state index < -0.39 is 17.8 Å². The number of benzene rings is 2. The lowest BCUT2D eigenvalue weighted by molar-refractivity contribution is -0.120. The first-order chi connectivity index (χ1) is 15.1. The lowest BCUT2D eigenvalue weighted by Gasteiger charge is -2.09. The van der Waals surface area contributed by atoms with E-state index in [2.05, 4.69) is 21.5 Å². The van der Waals surface area contributed by atoms with Crippen molar-refractivity contribution in [2.45, 2.75) is 13.2 Å². The lowest BCUT2D eigenvalue weighted by atomic mass is 10.2. The summed E-state index contributed by atoms with van der Waals surface area (Å²) in [6.45, 7) is 0.181. The summed E-state index contributed by atoms with van der Waals surface area (Å²) in [5.41, 5.74) is 5.36. The van der Waals surface area contributed by atoms with Gasteiger partial charge in [0.1, 0.15) is 24.7 Å². The number of hydrazine groups is 1. The van der Waals surface area contributed by atoms with Crippen molar-refractivity contribution >= 4 is 17.8 Å². The molecule has 9 heteroatoms. The highest BCUT2D eigenvalue weighted by atomic mass is 16.5. The Hall–Kier alpha value is -4.27. The van der Waals surface area contributed by atoms with Crippen LogP contribution >= 0.6 is 0 Å². The van der Waals surface area contributed by atoms with Crippen LogP contribution in [0, 0.1) is 0 Å². The first-order valence-electron chi connectivity index (χ1n) is 9.51. The molecule has 4 N–H and O–H groups in total. The maximum Gasteiger partial charge on any atom is 0.315 e. The quantitative estimate of drug-likeness (QED) is 0.414. The normalized spacial score (nSPS) is 10.1. The Morgan fingerprint density at radius 2 is 1.52 bits per heavy atom. The molecule has 0 aliphatic heterocycles. The number of para-hydroxylation sites is 1. The number of carbonyl (C=O) groups excluding carboxylic acids is 3. The van der Waals surface area contributed by atoms with Gasteiger partial charge in [0, 0.05) is 6.54 Å². The van der Waals surface area contributed by atoms with Gasteiger partial charge in [-0.3, -0.25) is 20.4 Å². The van der Waals surface area contributed by atoms with Gasteiger partial charge in [-0.1, -0.05) is 48.5 Å². The number of amides is 4. The van der Waals surface area contributed by atoms with E-state index in [-0.39, 0.29) is 18.9 Å². The molecule has 0 radical (unpaired) electrons.